The number of aryl methyl sites for hydroxylation is 2. The number of benzene rings is 3. The highest BCUT2D eigenvalue weighted by Crippen LogP contribution is 2.46. The molecular formula is C27H20N2O7. The van der Waals surface area contributed by atoms with Crippen molar-refractivity contribution in [2.45, 2.75) is 12.3 Å². The van der Waals surface area contributed by atoms with Crippen molar-refractivity contribution < 1.29 is 24.2 Å². The van der Waals surface area contributed by atoms with E-state index in [4.69, 9.17) is 9.15 Å². The quantitative estimate of drug-likeness (QED) is 0.290. The highest BCUT2D eigenvalue weighted by atomic mass is 16.5. The minimum absolute atomic E-state index is 0.0113. The Hall–Kier alpha value is -4.79. The number of esters is 1. The van der Waals surface area contributed by atoms with Crippen LogP contribution in [0.2, 0.25) is 0 Å². The van der Waals surface area contributed by atoms with Crippen molar-refractivity contribution in [2.75, 3.05) is 0 Å². The summed E-state index contributed by atoms with van der Waals surface area (Å²) in [7, 11) is 3.36. The Balaban J connectivity index is 1.60. The smallest absolute Gasteiger partial charge is 0.328 e. The van der Waals surface area contributed by atoms with E-state index in [0.29, 0.717) is 16.6 Å². The number of nitrogens with zero attached hydrogens (tertiary/aromatic N) is 2. The van der Waals surface area contributed by atoms with Crippen molar-refractivity contribution in [3.05, 3.63) is 86.6 Å². The van der Waals surface area contributed by atoms with Crippen LogP contribution in [0.15, 0.2) is 68.8 Å². The number of rotatable bonds is 2. The summed E-state index contributed by atoms with van der Waals surface area (Å²) in [5.74, 6) is -1.22. The standard InChI is InChI=1S/C27H20N2O7/c1-28-18-8-5-14(9-19(18)29(2)27(28)34)16-10-22(32)36-21-11-20(31)24-25(33)17(12-35-26(24)23(16)21)13-3-6-15(30)7-4-13/h3-9,11-12,16,30-31H,10H2,1-2H3/t16-/m1/s1. The maximum atomic E-state index is 13.5. The van der Waals surface area contributed by atoms with Gasteiger partial charge in [0.25, 0.3) is 0 Å². The zero-order chi connectivity index (χ0) is 25.3. The molecule has 6 rings (SSSR count). The Morgan fingerprint density at radius 1 is 0.917 bits per heavy atom. The first kappa shape index (κ1) is 21.7. The summed E-state index contributed by atoms with van der Waals surface area (Å²) >= 11 is 0. The molecule has 0 bridgehead atoms. The van der Waals surface area contributed by atoms with Crippen LogP contribution in [0.5, 0.6) is 17.2 Å². The number of phenolic OH excluding ortho intramolecular Hbond substituents is 2. The Bertz CT molecular complexity index is 1840. The summed E-state index contributed by atoms with van der Waals surface area (Å²) in [5, 5.41) is 20.3. The third kappa shape index (κ3) is 3.06. The Morgan fingerprint density at radius 2 is 1.64 bits per heavy atom. The van der Waals surface area contributed by atoms with Gasteiger partial charge in [0.1, 0.15) is 34.5 Å². The van der Waals surface area contributed by atoms with Gasteiger partial charge < -0.3 is 19.4 Å². The van der Waals surface area contributed by atoms with E-state index in [2.05, 4.69) is 0 Å². The van der Waals surface area contributed by atoms with Gasteiger partial charge in [-0.15, -0.1) is 0 Å². The molecule has 0 unspecified atom stereocenters. The third-order valence-electron chi connectivity index (χ3n) is 6.85. The molecule has 1 aliphatic rings. The van der Waals surface area contributed by atoms with Crippen LogP contribution in [0.1, 0.15) is 23.5 Å². The van der Waals surface area contributed by atoms with Gasteiger partial charge in [0.2, 0.25) is 5.43 Å². The zero-order valence-corrected chi connectivity index (χ0v) is 19.3. The van der Waals surface area contributed by atoms with E-state index in [1.54, 1.807) is 30.8 Å². The fourth-order valence-electron chi connectivity index (χ4n) is 5.00. The maximum Gasteiger partial charge on any atom is 0.328 e. The second kappa shape index (κ2) is 7.61. The van der Waals surface area contributed by atoms with Crippen molar-refractivity contribution in [1.29, 1.82) is 0 Å². The fraction of sp³-hybridized carbons (Fsp3) is 0.148. The van der Waals surface area contributed by atoms with E-state index >= 15 is 0 Å². The average Bonchev–Trinajstić information content (AvgIpc) is 3.07. The number of carbonyl (C=O) groups excluding carboxylic acids is 1. The second-order valence-corrected chi connectivity index (χ2v) is 8.92. The van der Waals surface area contributed by atoms with Crippen LogP contribution in [0.4, 0.5) is 0 Å². The molecule has 0 saturated carbocycles. The van der Waals surface area contributed by atoms with E-state index < -0.39 is 17.3 Å². The molecule has 0 amide bonds. The predicted octanol–water partition coefficient (Wildman–Crippen LogP) is 3.50. The molecule has 0 aliphatic carbocycles. The number of phenols is 2. The summed E-state index contributed by atoms with van der Waals surface area (Å²) in [5.41, 5.74) is 2.85. The first-order valence-electron chi connectivity index (χ1n) is 11.2. The molecule has 0 radical (unpaired) electrons. The summed E-state index contributed by atoms with van der Waals surface area (Å²) in [4.78, 5) is 38.4. The minimum atomic E-state index is -0.535. The Kier molecular flexibility index (Phi) is 4.59. The van der Waals surface area contributed by atoms with Crippen LogP contribution < -0.4 is 15.9 Å². The molecule has 180 valence electrons. The highest BCUT2D eigenvalue weighted by Gasteiger charge is 2.34. The average molecular weight is 484 g/mol. The number of fused-ring (bicyclic) bond motifs is 4. The van der Waals surface area contributed by atoms with Crippen LogP contribution in [0.3, 0.4) is 0 Å². The summed E-state index contributed by atoms with van der Waals surface area (Å²) in [6, 6.07) is 12.8. The highest BCUT2D eigenvalue weighted by molar-refractivity contribution is 5.94. The van der Waals surface area contributed by atoms with Gasteiger partial charge in [0.15, 0.2) is 0 Å². The molecular weight excluding hydrogens is 464 g/mol. The first-order chi connectivity index (χ1) is 17.2. The Morgan fingerprint density at radius 3 is 2.39 bits per heavy atom. The van der Waals surface area contributed by atoms with Crippen molar-refractivity contribution in [2.24, 2.45) is 14.1 Å². The molecule has 2 aromatic heterocycles. The van der Waals surface area contributed by atoms with Gasteiger partial charge in [-0.25, -0.2) is 4.79 Å². The molecule has 0 spiro atoms. The van der Waals surface area contributed by atoms with Crippen LogP contribution in [0, 0.1) is 0 Å². The molecule has 1 aliphatic heterocycles. The molecule has 5 aromatic rings. The summed E-state index contributed by atoms with van der Waals surface area (Å²) in [6.07, 6.45) is 1.29. The van der Waals surface area contributed by atoms with Gasteiger partial charge in [-0.2, -0.15) is 0 Å². The van der Waals surface area contributed by atoms with Crippen molar-refractivity contribution in [3.63, 3.8) is 0 Å². The van der Waals surface area contributed by atoms with E-state index in [-0.39, 0.29) is 45.9 Å². The third-order valence-corrected chi connectivity index (χ3v) is 6.85. The molecule has 3 heterocycles. The van der Waals surface area contributed by atoms with Crippen LogP contribution >= 0.6 is 0 Å². The molecule has 0 fully saturated rings. The van der Waals surface area contributed by atoms with Crippen LogP contribution in [0.25, 0.3) is 33.1 Å². The largest absolute Gasteiger partial charge is 0.508 e. The molecule has 2 N–H and O–H groups in total. The summed E-state index contributed by atoms with van der Waals surface area (Å²) < 4.78 is 14.4. The van der Waals surface area contributed by atoms with Gasteiger partial charge in [0, 0.05) is 31.6 Å². The van der Waals surface area contributed by atoms with Gasteiger partial charge >= 0.3 is 11.7 Å². The fourth-order valence-corrected chi connectivity index (χ4v) is 5.00. The molecule has 9 heteroatoms. The van der Waals surface area contributed by atoms with Crippen LogP contribution in [-0.2, 0) is 18.9 Å². The molecule has 9 nitrogen and oxygen atoms in total. The van der Waals surface area contributed by atoms with Crippen LogP contribution in [-0.4, -0.2) is 25.3 Å². The first-order valence-corrected chi connectivity index (χ1v) is 11.2. The topological polar surface area (TPSA) is 124 Å². The summed E-state index contributed by atoms with van der Waals surface area (Å²) in [6.45, 7) is 0. The monoisotopic (exact) mass is 484 g/mol. The van der Waals surface area contributed by atoms with Gasteiger partial charge in [0.05, 0.1) is 23.0 Å². The maximum absolute atomic E-state index is 13.5. The van der Waals surface area contributed by atoms with Crippen molar-refractivity contribution in [3.8, 4) is 28.4 Å². The zero-order valence-electron chi connectivity index (χ0n) is 19.3. The lowest BCUT2D eigenvalue weighted by Gasteiger charge is -2.26. The number of ether oxygens (including phenoxy) is 1. The van der Waals surface area contributed by atoms with Gasteiger partial charge in [-0.05, 0) is 35.4 Å². The van der Waals surface area contributed by atoms with Gasteiger partial charge in [-0.3, -0.25) is 18.7 Å². The lowest BCUT2D eigenvalue weighted by Crippen LogP contribution is -2.22. The van der Waals surface area contributed by atoms with E-state index in [1.807, 2.05) is 18.2 Å². The minimum Gasteiger partial charge on any atom is -0.508 e. The predicted molar refractivity (Wildman–Crippen MR) is 132 cm³/mol. The Labute approximate surface area is 203 Å². The normalized spacial score (nSPS) is 15.3. The number of carbonyl (C=O) groups is 1. The number of aromatic hydroxyl groups is 2. The van der Waals surface area contributed by atoms with E-state index in [9.17, 15) is 24.6 Å². The van der Waals surface area contributed by atoms with E-state index in [1.165, 1.54) is 29.0 Å². The second-order valence-electron chi connectivity index (χ2n) is 8.92. The number of aromatic nitrogens is 2. The van der Waals surface area contributed by atoms with E-state index in [0.717, 1.165) is 11.1 Å². The lowest BCUT2D eigenvalue weighted by atomic mass is 9.84. The molecule has 3 aromatic carbocycles. The molecule has 36 heavy (non-hydrogen) atoms. The van der Waals surface area contributed by atoms with Crippen molar-refractivity contribution >= 4 is 28.0 Å². The van der Waals surface area contributed by atoms with Crippen molar-refractivity contribution in [1.82, 2.24) is 9.13 Å². The number of hydrogen-bond acceptors (Lipinski definition) is 7. The van der Waals surface area contributed by atoms with Gasteiger partial charge in [-0.1, -0.05) is 18.2 Å². The lowest BCUT2D eigenvalue weighted by molar-refractivity contribution is -0.135. The molecule has 0 saturated heterocycles. The number of imidazole rings is 1. The SMILES string of the molecule is Cn1c(=O)n(C)c2cc([C@H]3CC(=O)Oc4cc(O)c5c(=O)c(-c6ccc(O)cc6)coc5c43)ccc21. The molecule has 1 atom stereocenters. The number of hydrogen-bond donors (Lipinski definition) is 2.